The average Bonchev–Trinajstić information content (AvgIpc) is 1.81. The van der Waals surface area contributed by atoms with Gasteiger partial charge in [-0.3, -0.25) is 0 Å². The van der Waals surface area contributed by atoms with Crippen LogP contribution in [0.15, 0.2) is 36.5 Å². The van der Waals surface area contributed by atoms with Crippen molar-refractivity contribution >= 4 is 0 Å². The van der Waals surface area contributed by atoms with Gasteiger partial charge in [0.1, 0.15) is 0 Å². The second-order valence-electron chi connectivity index (χ2n) is 1.44. The van der Waals surface area contributed by atoms with Crippen LogP contribution < -0.4 is 0 Å². The number of hydrogen-bond donors (Lipinski definition) is 0. The molecule has 0 N–H and O–H groups in total. The maximum Gasteiger partial charge on any atom is -0.0467 e. The summed E-state index contributed by atoms with van der Waals surface area (Å²) in [6, 6.07) is 0. The molecule has 44 valence electrons. The minimum atomic E-state index is 2.00. The summed E-state index contributed by atoms with van der Waals surface area (Å²) >= 11 is 0. The minimum Gasteiger partial charge on any atom is -0.0877 e. The highest BCUT2D eigenvalue weighted by atomic mass is 13.6. The summed E-state index contributed by atoms with van der Waals surface area (Å²) in [5, 5.41) is 0. The van der Waals surface area contributed by atoms with Crippen LogP contribution in [-0.4, -0.2) is 0 Å². The quantitative estimate of drug-likeness (QED) is 0.477. The predicted octanol–water partition coefficient (Wildman–Crippen LogP) is 2.69. The van der Waals surface area contributed by atoms with Crippen molar-refractivity contribution in [3.63, 3.8) is 0 Å². The lowest BCUT2D eigenvalue weighted by atomic mass is 10.4. The van der Waals surface area contributed by atoms with Crippen molar-refractivity contribution in [2.24, 2.45) is 0 Å². The molecule has 0 aromatic heterocycles. The fraction of sp³-hybridized carbons (Fsp3) is 0.250. The van der Waals surface area contributed by atoms with Crippen molar-refractivity contribution in [1.82, 2.24) is 0 Å². The highest BCUT2D eigenvalue weighted by Crippen LogP contribution is 1.77. The van der Waals surface area contributed by atoms with Crippen molar-refractivity contribution < 1.29 is 0 Å². The van der Waals surface area contributed by atoms with Gasteiger partial charge in [0, 0.05) is 0 Å². The van der Waals surface area contributed by atoms with Crippen molar-refractivity contribution in [2.45, 2.75) is 13.8 Å². The minimum absolute atomic E-state index is 2.00. The zero-order chi connectivity index (χ0) is 6.24. The van der Waals surface area contributed by atoms with Gasteiger partial charge < -0.3 is 0 Å². The van der Waals surface area contributed by atoms with Crippen molar-refractivity contribution in [3.8, 4) is 0 Å². The molecular weight excluding hydrogens is 96.1 g/mol. The van der Waals surface area contributed by atoms with E-state index in [0.717, 1.165) is 0 Å². The Hall–Kier alpha value is -0.780. The summed E-state index contributed by atoms with van der Waals surface area (Å²) in [4.78, 5) is 0. The molecule has 0 unspecified atom stereocenters. The first-order valence-electron chi connectivity index (χ1n) is 2.82. The maximum absolute atomic E-state index is 2.00. The molecule has 0 radical (unpaired) electrons. The van der Waals surface area contributed by atoms with Gasteiger partial charge in [0.15, 0.2) is 0 Å². The zero-order valence-corrected chi connectivity index (χ0v) is 5.46. The molecule has 0 aliphatic carbocycles. The summed E-state index contributed by atoms with van der Waals surface area (Å²) < 4.78 is 0. The van der Waals surface area contributed by atoms with E-state index < -0.39 is 0 Å². The van der Waals surface area contributed by atoms with E-state index in [-0.39, 0.29) is 0 Å². The highest BCUT2D eigenvalue weighted by Gasteiger charge is 1.55. The second kappa shape index (κ2) is 6.22. The monoisotopic (exact) mass is 108 g/mol. The fourth-order valence-electron chi connectivity index (χ4n) is 0.351. The molecule has 0 aliphatic rings. The molecule has 0 saturated heterocycles. The number of hydrogen-bond acceptors (Lipinski definition) is 0. The largest absolute Gasteiger partial charge is 0.0877 e. The molecule has 8 heavy (non-hydrogen) atoms. The molecular formula is C8H12. The molecule has 0 aromatic rings. The Morgan fingerprint density at radius 2 is 1.00 bits per heavy atom. The molecule has 0 fully saturated rings. The van der Waals surface area contributed by atoms with E-state index >= 15 is 0 Å². The first kappa shape index (κ1) is 7.22. The molecule has 0 rings (SSSR count). The molecule has 0 heterocycles. The lowest BCUT2D eigenvalue weighted by Crippen LogP contribution is -1.46. The molecule has 0 bridgehead atoms. The van der Waals surface area contributed by atoms with E-state index in [0.29, 0.717) is 0 Å². The standard InChI is InChI=1S/C8H12/c1-3-5-7-8-6-4-2/h3-8H,1-2H3/b5-3?,6-4?,8-7-. The van der Waals surface area contributed by atoms with Gasteiger partial charge in [0.25, 0.3) is 0 Å². The molecule has 0 spiro atoms. The van der Waals surface area contributed by atoms with Gasteiger partial charge in [-0.15, -0.1) is 0 Å². The molecule has 0 aliphatic heterocycles. The lowest BCUT2D eigenvalue weighted by Gasteiger charge is -1.68. The van der Waals surface area contributed by atoms with Crippen molar-refractivity contribution in [3.05, 3.63) is 36.5 Å². The maximum atomic E-state index is 2.00. The van der Waals surface area contributed by atoms with E-state index in [2.05, 4.69) is 0 Å². The third kappa shape index (κ3) is 5.22. The Morgan fingerprint density at radius 3 is 1.25 bits per heavy atom. The zero-order valence-electron chi connectivity index (χ0n) is 5.46. The molecule has 0 aromatic carbocycles. The molecule has 0 nitrogen and oxygen atoms in total. The van der Waals surface area contributed by atoms with Gasteiger partial charge in [-0.05, 0) is 13.8 Å². The van der Waals surface area contributed by atoms with Crippen LogP contribution in [-0.2, 0) is 0 Å². The van der Waals surface area contributed by atoms with Crippen LogP contribution in [0.5, 0.6) is 0 Å². The summed E-state index contributed by atoms with van der Waals surface area (Å²) in [5.74, 6) is 0. The average molecular weight is 108 g/mol. The van der Waals surface area contributed by atoms with Gasteiger partial charge >= 0.3 is 0 Å². The first-order valence-corrected chi connectivity index (χ1v) is 2.82. The van der Waals surface area contributed by atoms with Gasteiger partial charge in [-0.2, -0.15) is 0 Å². The highest BCUT2D eigenvalue weighted by molar-refractivity contribution is 5.09. The SMILES string of the molecule is CC=C/C=C\C=CC. The normalized spacial score (nSPS) is 12.8. The van der Waals surface area contributed by atoms with Crippen LogP contribution >= 0.6 is 0 Å². The molecule has 0 saturated carbocycles. The van der Waals surface area contributed by atoms with Gasteiger partial charge in [-0.1, -0.05) is 36.5 Å². The smallest absolute Gasteiger partial charge is 0.0467 e. The topological polar surface area (TPSA) is 0 Å². The Morgan fingerprint density at radius 1 is 0.625 bits per heavy atom. The van der Waals surface area contributed by atoms with Crippen LogP contribution in [0.2, 0.25) is 0 Å². The summed E-state index contributed by atoms with van der Waals surface area (Å²) in [5.41, 5.74) is 0. The Kier molecular flexibility index (Phi) is 5.61. The van der Waals surface area contributed by atoms with Crippen LogP contribution in [0.1, 0.15) is 13.8 Å². The fourth-order valence-corrected chi connectivity index (χ4v) is 0.351. The Labute approximate surface area is 51.2 Å². The lowest BCUT2D eigenvalue weighted by molar-refractivity contribution is 1.71. The van der Waals surface area contributed by atoms with Crippen LogP contribution in [0, 0.1) is 0 Å². The van der Waals surface area contributed by atoms with Crippen LogP contribution in [0.3, 0.4) is 0 Å². The number of allylic oxidation sites excluding steroid dienone is 6. The number of rotatable bonds is 2. The molecule has 0 atom stereocenters. The Bertz CT molecular complexity index is 91.2. The Balaban J connectivity index is 3.35. The van der Waals surface area contributed by atoms with E-state index in [1.165, 1.54) is 0 Å². The van der Waals surface area contributed by atoms with E-state index in [4.69, 9.17) is 0 Å². The molecule has 0 heteroatoms. The summed E-state index contributed by atoms with van der Waals surface area (Å²) in [6.07, 6.45) is 12.0. The summed E-state index contributed by atoms with van der Waals surface area (Å²) in [6.45, 7) is 4.00. The van der Waals surface area contributed by atoms with Gasteiger partial charge in [-0.25, -0.2) is 0 Å². The van der Waals surface area contributed by atoms with Gasteiger partial charge in [0.05, 0.1) is 0 Å². The van der Waals surface area contributed by atoms with E-state index in [1.807, 2.05) is 50.3 Å². The predicted molar refractivity (Wildman–Crippen MR) is 38.8 cm³/mol. The van der Waals surface area contributed by atoms with Gasteiger partial charge in [0.2, 0.25) is 0 Å². The van der Waals surface area contributed by atoms with Crippen LogP contribution in [0.4, 0.5) is 0 Å². The third-order valence-electron chi connectivity index (χ3n) is 0.718. The van der Waals surface area contributed by atoms with E-state index in [1.54, 1.807) is 0 Å². The van der Waals surface area contributed by atoms with E-state index in [9.17, 15) is 0 Å². The third-order valence-corrected chi connectivity index (χ3v) is 0.718. The second-order valence-corrected chi connectivity index (χ2v) is 1.44. The first-order chi connectivity index (χ1) is 3.91. The molecule has 0 amide bonds. The van der Waals surface area contributed by atoms with Crippen molar-refractivity contribution in [1.29, 1.82) is 0 Å². The van der Waals surface area contributed by atoms with Crippen LogP contribution in [0.25, 0.3) is 0 Å². The van der Waals surface area contributed by atoms with Crippen molar-refractivity contribution in [2.75, 3.05) is 0 Å². The summed E-state index contributed by atoms with van der Waals surface area (Å²) in [7, 11) is 0.